The van der Waals surface area contributed by atoms with E-state index < -0.39 is 0 Å². The first-order valence-electron chi connectivity index (χ1n) is 12.4. The predicted molar refractivity (Wildman–Crippen MR) is 142 cm³/mol. The average molecular weight is 498 g/mol. The fraction of sp³-hybridized carbons (Fsp3) is 0.286. The second-order valence-electron chi connectivity index (χ2n) is 9.36. The van der Waals surface area contributed by atoms with Gasteiger partial charge in [-0.15, -0.1) is 11.3 Å². The number of aromatic nitrogens is 2. The first-order chi connectivity index (χ1) is 17.7. The van der Waals surface area contributed by atoms with Crippen molar-refractivity contribution in [1.29, 1.82) is 0 Å². The third-order valence-corrected chi connectivity index (χ3v) is 8.02. The quantitative estimate of drug-likeness (QED) is 0.419. The molecule has 1 saturated heterocycles. The van der Waals surface area contributed by atoms with E-state index in [0.717, 1.165) is 39.3 Å². The van der Waals surface area contributed by atoms with Crippen molar-refractivity contribution in [1.82, 2.24) is 19.8 Å². The van der Waals surface area contributed by atoms with Crippen molar-refractivity contribution in [2.75, 3.05) is 31.5 Å². The molecular formula is C28H27N5O2S. The van der Waals surface area contributed by atoms with Gasteiger partial charge in [-0.05, 0) is 42.2 Å². The number of piperazine rings is 1. The van der Waals surface area contributed by atoms with Crippen molar-refractivity contribution in [3.8, 4) is 10.4 Å². The van der Waals surface area contributed by atoms with E-state index in [2.05, 4.69) is 33.5 Å². The maximum atomic E-state index is 13.0. The van der Waals surface area contributed by atoms with Crippen molar-refractivity contribution in [3.05, 3.63) is 78.1 Å². The van der Waals surface area contributed by atoms with Crippen LogP contribution in [0.15, 0.2) is 67.0 Å². The van der Waals surface area contributed by atoms with Crippen LogP contribution >= 0.6 is 11.3 Å². The highest BCUT2D eigenvalue weighted by molar-refractivity contribution is 7.22. The Kier molecular flexibility index (Phi) is 6.11. The number of nitrogens with one attached hydrogen (secondary N) is 1. The smallest absolute Gasteiger partial charge is 0.253 e. The van der Waals surface area contributed by atoms with Gasteiger partial charge in [0.1, 0.15) is 12.1 Å². The molecule has 0 bridgehead atoms. The van der Waals surface area contributed by atoms with Crippen LogP contribution in [0.1, 0.15) is 28.8 Å². The van der Waals surface area contributed by atoms with Crippen LogP contribution in [0, 0.1) is 5.92 Å². The van der Waals surface area contributed by atoms with E-state index >= 15 is 0 Å². The fourth-order valence-electron chi connectivity index (χ4n) is 4.58. The van der Waals surface area contributed by atoms with Crippen molar-refractivity contribution in [3.63, 3.8) is 0 Å². The van der Waals surface area contributed by atoms with Gasteiger partial charge >= 0.3 is 0 Å². The number of fused-ring (bicyclic) bond motifs is 1. The lowest BCUT2D eigenvalue weighted by molar-refractivity contribution is -0.134. The number of anilines is 1. The monoisotopic (exact) mass is 497 g/mol. The molecule has 1 aliphatic heterocycles. The number of thiophene rings is 1. The average Bonchev–Trinajstić information content (AvgIpc) is 3.70. The topological polar surface area (TPSA) is 78.4 Å². The normalized spacial score (nSPS) is 15.8. The Hall–Kier alpha value is -3.78. The molecule has 2 aromatic heterocycles. The van der Waals surface area contributed by atoms with Crippen LogP contribution in [-0.2, 0) is 11.3 Å². The fourth-order valence-corrected chi connectivity index (χ4v) is 5.66. The number of benzene rings is 2. The van der Waals surface area contributed by atoms with E-state index in [0.29, 0.717) is 38.3 Å². The lowest BCUT2D eigenvalue weighted by atomic mass is 10.1. The van der Waals surface area contributed by atoms with Gasteiger partial charge in [-0.3, -0.25) is 9.59 Å². The number of nitrogens with zero attached hydrogens (tertiary/aromatic N) is 4. The third kappa shape index (κ3) is 4.68. The summed E-state index contributed by atoms with van der Waals surface area (Å²) in [5.74, 6) is 1.34. The van der Waals surface area contributed by atoms with E-state index in [1.165, 1.54) is 5.56 Å². The minimum Gasteiger partial charge on any atom is -0.365 e. The summed E-state index contributed by atoms with van der Waals surface area (Å²) in [5, 5.41) is 3.43. The van der Waals surface area contributed by atoms with Gasteiger partial charge in [0, 0.05) is 49.1 Å². The minimum atomic E-state index is 0.0228. The van der Waals surface area contributed by atoms with E-state index in [9.17, 15) is 9.59 Å². The standard InChI is InChI=1S/C28H27N5O2S/c34-27(32-12-14-33(15-13-32)28(35)22-10-11-22)21-8-6-20(7-9-21)24-16-23-25(36-24)26(31-18-30-23)29-17-19-4-2-1-3-5-19/h1-9,16,18,22H,10-15,17H2,(H,29,30,31). The molecule has 0 atom stereocenters. The van der Waals surface area contributed by atoms with Crippen LogP contribution in [0.2, 0.25) is 0 Å². The minimum absolute atomic E-state index is 0.0228. The summed E-state index contributed by atoms with van der Waals surface area (Å²) in [6.45, 7) is 3.13. The van der Waals surface area contributed by atoms with Crippen molar-refractivity contribution < 1.29 is 9.59 Å². The Morgan fingerprint density at radius 1 is 0.917 bits per heavy atom. The summed E-state index contributed by atoms with van der Waals surface area (Å²) in [6, 6.07) is 20.1. The summed E-state index contributed by atoms with van der Waals surface area (Å²) in [6.07, 6.45) is 3.62. The highest BCUT2D eigenvalue weighted by atomic mass is 32.1. The van der Waals surface area contributed by atoms with Crippen LogP contribution in [0.4, 0.5) is 5.82 Å². The van der Waals surface area contributed by atoms with Gasteiger partial charge in [0.25, 0.3) is 5.91 Å². The van der Waals surface area contributed by atoms with Crippen molar-refractivity contribution in [2.24, 2.45) is 5.92 Å². The molecule has 6 rings (SSSR count). The molecule has 2 fully saturated rings. The van der Waals surface area contributed by atoms with Crippen LogP contribution in [0.5, 0.6) is 0 Å². The van der Waals surface area contributed by atoms with Crippen LogP contribution in [-0.4, -0.2) is 57.8 Å². The Balaban J connectivity index is 1.13. The van der Waals surface area contributed by atoms with Crippen molar-refractivity contribution in [2.45, 2.75) is 19.4 Å². The number of carbonyl (C=O) groups excluding carboxylic acids is 2. The van der Waals surface area contributed by atoms with Gasteiger partial charge < -0.3 is 15.1 Å². The molecule has 2 aliphatic rings. The second kappa shape index (κ2) is 9.70. The maximum Gasteiger partial charge on any atom is 0.253 e. The summed E-state index contributed by atoms with van der Waals surface area (Å²) < 4.78 is 1.02. The molecule has 2 aromatic carbocycles. The van der Waals surface area contributed by atoms with Crippen LogP contribution < -0.4 is 5.32 Å². The molecule has 2 amide bonds. The molecule has 3 heterocycles. The molecule has 0 spiro atoms. The number of rotatable bonds is 6. The Labute approximate surface area is 213 Å². The molecular weight excluding hydrogens is 470 g/mol. The van der Waals surface area contributed by atoms with Crippen LogP contribution in [0.3, 0.4) is 0 Å². The van der Waals surface area contributed by atoms with E-state index in [1.54, 1.807) is 17.7 Å². The first kappa shape index (κ1) is 22.7. The summed E-state index contributed by atoms with van der Waals surface area (Å²) in [7, 11) is 0. The Morgan fingerprint density at radius 2 is 1.64 bits per heavy atom. The molecule has 8 heteroatoms. The molecule has 0 radical (unpaired) electrons. The predicted octanol–water partition coefficient (Wildman–Crippen LogP) is 4.66. The van der Waals surface area contributed by atoms with Crippen molar-refractivity contribution >= 4 is 39.2 Å². The number of hydrogen-bond acceptors (Lipinski definition) is 6. The summed E-state index contributed by atoms with van der Waals surface area (Å²) in [5.41, 5.74) is 3.81. The molecule has 1 N–H and O–H groups in total. The first-order valence-corrected chi connectivity index (χ1v) is 13.2. The van der Waals surface area contributed by atoms with E-state index in [-0.39, 0.29) is 17.7 Å². The van der Waals surface area contributed by atoms with E-state index in [4.69, 9.17) is 0 Å². The molecule has 182 valence electrons. The highest BCUT2D eigenvalue weighted by Crippen LogP contribution is 2.36. The highest BCUT2D eigenvalue weighted by Gasteiger charge is 2.35. The molecule has 4 aromatic rings. The van der Waals surface area contributed by atoms with Gasteiger partial charge in [0.05, 0.1) is 10.2 Å². The second-order valence-corrected chi connectivity index (χ2v) is 10.4. The maximum absolute atomic E-state index is 13.0. The lowest BCUT2D eigenvalue weighted by Gasteiger charge is -2.35. The SMILES string of the molecule is O=C(c1ccc(-c2cc3ncnc(NCc4ccccc4)c3s2)cc1)N1CCN(C(=O)C2CC2)CC1. The van der Waals surface area contributed by atoms with Gasteiger partial charge in [-0.1, -0.05) is 42.5 Å². The number of hydrogen-bond donors (Lipinski definition) is 1. The zero-order chi connectivity index (χ0) is 24.5. The molecule has 1 aliphatic carbocycles. The number of carbonyl (C=O) groups is 2. The largest absolute Gasteiger partial charge is 0.365 e. The lowest BCUT2D eigenvalue weighted by Crippen LogP contribution is -2.51. The third-order valence-electron chi connectivity index (χ3n) is 6.84. The van der Waals surface area contributed by atoms with Gasteiger partial charge in [0.15, 0.2) is 0 Å². The Bertz CT molecular complexity index is 1390. The summed E-state index contributed by atoms with van der Waals surface area (Å²) >= 11 is 1.64. The van der Waals surface area contributed by atoms with Gasteiger partial charge in [-0.25, -0.2) is 9.97 Å². The molecule has 1 saturated carbocycles. The zero-order valence-corrected chi connectivity index (χ0v) is 20.7. The zero-order valence-electron chi connectivity index (χ0n) is 19.9. The van der Waals surface area contributed by atoms with Crippen LogP contribution in [0.25, 0.3) is 20.7 Å². The molecule has 36 heavy (non-hydrogen) atoms. The van der Waals surface area contributed by atoms with Gasteiger partial charge in [0.2, 0.25) is 5.91 Å². The van der Waals surface area contributed by atoms with E-state index in [1.807, 2.05) is 52.3 Å². The molecule has 0 unspecified atom stereocenters. The number of amides is 2. The molecule has 7 nitrogen and oxygen atoms in total. The van der Waals surface area contributed by atoms with Gasteiger partial charge in [-0.2, -0.15) is 0 Å². The summed E-state index contributed by atoms with van der Waals surface area (Å²) in [4.78, 5) is 39.1. The Morgan fingerprint density at radius 3 is 2.36 bits per heavy atom.